The number of thiophene rings is 1. The molecule has 0 unspecified atom stereocenters. The Balaban J connectivity index is 1.32. The van der Waals surface area contributed by atoms with Gasteiger partial charge in [0, 0.05) is 38.9 Å². The maximum atomic E-state index is 12.7. The first-order valence-corrected chi connectivity index (χ1v) is 11.6. The summed E-state index contributed by atoms with van der Waals surface area (Å²) >= 11 is 3.10. The Labute approximate surface area is 179 Å². The van der Waals surface area contributed by atoms with E-state index in [1.807, 2.05) is 34.0 Å². The van der Waals surface area contributed by atoms with Gasteiger partial charge in [-0.15, -0.1) is 21.5 Å². The van der Waals surface area contributed by atoms with Crippen molar-refractivity contribution < 1.29 is 4.79 Å². The average Bonchev–Trinajstić information content (AvgIpc) is 3.38. The fourth-order valence-electron chi connectivity index (χ4n) is 3.55. The largest absolute Gasteiger partial charge is 0.368 e. The zero-order valence-corrected chi connectivity index (χ0v) is 18.6. The maximum absolute atomic E-state index is 12.7. The molecule has 4 rings (SSSR count). The van der Waals surface area contributed by atoms with E-state index in [4.69, 9.17) is 0 Å². The number of carbonyl (C=O) groups is 1. The van der Waals surface area contributed by atoms with Crippen LogP contribution in [-0.4, -0.2) is 57.5 Å². The molecule has 6 nitrogen and oxygen atoms in total. The molecule has 0 radical (unpaired) electrons. The minimum absolute atomic E-state index is 0.163. The molecule has 1 aliphatic rings. The summed E-state index contributed by atoms with van der Waals surface area (Å²) in [4.78, 5) is 18.1. The Bertz CT molecular complexity index is 991. The highest BCUT2D eigenvalue weighted by Crippen LogP contribution is 2.27. The van der Waals surface area contributed by atoms with Crippen LogP contribution in [0.3, 0.4) is 0 Å². The lowest BCUT2D eigenvalue weighted by molar-refractivity contribution is -0.128. The maximum Gasteiger partial charge on any atom is 0.233 e. The number of carbonyl (C=O) groups excluding carboxylic acids is 1. The topological polar surface area (TPSA) is 54.3 Å². The molecule has 0 spiro atoms. The minimum atomic E-state index is 0.163. The molecule has 0 N–H and O–H groups in total. The van der Waals surface area contributed by atoms with Crippen molar-refractivity contribution >= 4 is 34.7 Å². The molecule has 3 heterocycles. The van der Waals surface area contributed by atoms with Gasteiger partial charge in [-0.3, -0.25) is 4.79 Å². The van der Waals surface area contributed by atoms with E-state index in [9.17, 15) is 4.79 Å². The van der Waals surface area contributed by atoms with Crippen LogP contribution in [-0.2, 0) is 11.8 Å². The number of benzene rings is 1. The van der Waals surface area contributed by atoms with Gasteiger partial charge in [-0.25, -0.2) is 0 Å². The summed E-state index contributed by atoms with van der Waals surface area (Å²) in [6, 6.07) is 10.5. The Morgan fingerprint density at radius 1 is 1.10 bits per heavy atom. The third kappa shape index (κ3) is 4.18. The van der Waals surface area contributed by atoms with Gasteiger partial charge in [0.2, 0.25) is 5.91 Å². The number of hydrogen-bond acceptors (Lipinski definition) is 6. The predicted octanol–water partition coefficient (Wildman–Crippen LogP) is 3.60. The number of thioether (sulfide) groups is 1. The highest BCUT2D eigenvalue weighted by Gasteiger charge is 2.23. The zero-order chi connectivity index (χ0) is 20.4. The molecule has 152 valence electrons. The molecule has 0 aliphatic carbocycles. The normalized spacial score (nSPS) is 14.4. The molecule has 1 amide bonds. The van der Waals surface area contributed by atoms with E-state index >= 15 is 0 Å². The number of hydrogen-bond donors (Lipinski definition) is 0. The summed E-state index contributed by atoms with van der Waals surface area (Å²) in [7, 11) is 1.95. The third-order valence-corrected chi connectivity index (χ3v) is 7.32. The van der Waals surface area contributed by atoms with Crippen LogP contribution in [0, 0.1) is 13.8 Å². The molecule has 29 heavy (non-hydrogen) atoms. The van der Waals surface area contributed by atoms with Crippen LogP contribution in [0.5, 0.6) is 0 Å². The van der Waals surface area contributed by atoms with Crippen LogP contribution in [0.15, 0.2) is 40.9 Å². The molecule has 3 aromatic rings. The molecule has 1 saturated heterocycles. The first-order chi connectivity index (χ1) is 14.0. The van der Waals surface area contributed by atoms with Crippen molar-refractivity contribution in [3.63, 3.8) is 0 Å². The van der Waals surface area contributed by atoms with Gasteiger partial charge in [0.25, 0.3) is 0 Å². The van der Waals surface area contributed by atoms with Gasteiger partial charge in [-0.05, 0) is 42.5 Å². The quantitative estimate of drug-likeness (QED) is 0.583. The number of rotatable bonds is 5. The number of anilines is 1. The Kier molecular flexibility index (Phi) is 5.91. The van der Waals surface area contributed by atoms with Gasteiger partial charge in [0.15, 0.2) is 11.0 Å². The molecular formula is C21H25N5OS2. The van der Waals surface area contributed by atoms with E-state index in [0.29, 0.717) is 5.75 Å². The fourth-order valence-corrected chi connectivity index (χ4v) is 5.11. The van der Waals surface area contributed by atoms with Crippen LogP contribution in [0.25, 0.3) is 10.7 Å². The number of aryl methyl sites for hydroxylation is 1. The highest BCUT2D eigenvalue weighted by molar-refractivity contribution is 7.99. The van der Waals surface area contributed by atoms with Crippen molar-refractivity contribution in [2.45, 2.75) is 19.0 Å². The summed E-state index contributed by atoms with van der Waals surface area (Å²) in [6.45, 7) is 7.56. The first kappa shape index (κ1) is 20.0. The number of aromatic nitrogens is 3. The van der Waals surface area contributed by atoms with Crippen LogP contribution in [0.4, 0.5) is 5.69 Å². The van der Waals surface area contributed by atoms with E-state index in [1.54, 1.807) is 11.3 Å². The summed E-state index contributed by atoms with van der Waals surface area (Å²) in [5.41, 5.74) is 3.92. The van der Waals surface area contributed by atoms with Crippen molar-refractivity contribution in [1.29, 1.82) is 0 Å². The Morgan fingerprint density at radius 3 is 2.62 bits per heavy atom. The Hall–Kier alpha value is -2.32. The van der Waals surface area contributed by atoms with Crippen molar-refractivity contribution in [2.75, 3.05) is 36.8 Å². The van der Waals surface area contributed by atoms with E-state index in [0.717, 1.165) is 42.0 Å². The van der Waals surface area contributed by atoms with Gasteiger partial charge in [-0.1, -0.05) is 30.0 Å². The molecule has 0 bridgehead atoms. The third-order valence-electron chi connectivity index (χ3n) is 5.45. The van der Waals surface area contributed by atoms with Gasteiger partial charge in [0.1, 0.15) is 0 Å². The lowest BCUT2D eigenvalue weighted by atomic mass is 10.1. The second kappa shape index (κ2) is 8.59. The molecular weight excluding hydrogens is 402 g/mol. The summed E-state index contributed by atoms with van der Waals surface area (Å²) in [5, 5.41) is 11.3. The number of piperazine rings is 1. The van der Waals surface area contributed by atoms with Crippen molar-refractivity contribution in [1.82, 2.24) is 19.7 Å². The van der Waals surface area contributed by atoms with E-state index in [2.05, 4.69) is 47.1 Å². The van der Waals surface area contributed by atoms with E-state index in [-0.39, 0.29) is 5.91 Å². The molecule has 1 aromatic carbocycles. The summed E-state index contributed by atoms with van der Waals surface area (Å²) < 4.78 is 1.96. The number of amides is 1. The molecule has 2 aromatic heterocycles. The van der Waals surface area contributed by atoms with Gasteiger partial charge < -0.3 is 14.4 Å². The van der Waals surface area contributed by atoms with Crippen molar-refractivity contribution in [3.8, 4) is 10.7 Å². The molecule has 0 saturated carbocycles. The first-order valence-electron chi connectivity index (χ1n) is 9.69. The second-order valence-corrected chi connectivity index (χ2v) is 9.11. The molecule has 1 fully saturated rings. The van der Waals surface area contributed by atoms with E-state index in [1.165, 1.54) is 28.6 Å². The smallest absolute Gasteiger partial charge is 0.233 e. The SMILES string of the molecule is Cc1cccc(N2CCN(C(=O)CSc3nnc(-c4cccs4)n3C)CC2)c1C. The predicted molar refractivity (Wildman–Crippen MR) is 120 cm³/mol. The van der Waals surface area contributed by atoms with Crippen LogP contribution in [0.2, 0.25) is 0 Å². The van der Waals surface area contributed by atoms with Gasteiger partial charge >= 0.3 is 0 Å². The summed E-state index contributed by atoms with van der Waals surface area (Å²) in [6.07, 6.45) is 0. The standard InChI is InChI=1S/C21H25N5OS2/c1-15-6-4-7-17(16(15)2)25-9-11-26(12-10-25)19(27)14-29-21-23-22-20(24(21)3)18-8-5-13-28-18/h4-8,13H,9-12,14H2,1-3H3. The van der Waals surface area contributed by atoms with Crippen LogP contribution >= 0.6 is 23.1 Å². The summed E-state index contributed by atoms with van der Waals surface area (Å²) in [5.74, 6) is 1.40. The minimum Gasteiger partial charge on any atom is -0.368 e. The lowest BCUT2D eigenvalue weighted by Crippen LogP contribution is -2.49. The van der Waals surface area contributed by atoms with Crippen molar-refractivity contribution in [2.24, 2.45) is 7.05 Å². The van der Waals surface area contributed by atoms with E-state index < -0.39 is 0 Å². The van der Waals surface area contributed by atoms with Crippen LogP contribution < -0.4 is 4.90 Å². The van der Waals surface area contributed by atoms with Gasteiger partial charge in [0.05, 0.1) is 10.6 Å². The Morgan fingerprint density at radius 2 is 1.90 bits per heavy atom. The highest BCUT2D eigenvalue weighted by atomic mass is 32.2. The second-order valence-electron chi connectivity index (χ2n) is 7.22. The van der Waals surface area contributed by atoms with Gasteiger partial charge in [-0.2, -0.15) is 0 Å². The lowest BCUT2D eigenvalue weighted by Gasteiger charge is -2.37. The molecule has 1 aliphatic heterocycles. The fraction of sp³-hybridized carbons (Fsp3) is 0.381. The number of nitrogens with zero attached hydrogens (tertiary/aromatic N) is 5. The monoisotopic (exact) mass is 427 g/mol. The zero-order valence-electron chi connectivity index (χ0n) is 17.0. The molecule has 8 heteroatoms. The molecule has 0 atom stereocenters. The average molecular weight is 428 g/mol. The van der Waals surface area contributed by atoms with Crippen LogP contribution in [0.1, 0.15) is 11.1 Å². The van der Waals surface area contributed by atoms with Crippen molar-refractivity contribution in [3.05, 3.63) is 46.8 Å².